The van der Waals surface area contributed by atoms with Gasteiger partial charge in [-0.2, -0.15) is 5.10 Å². The summed E-state index contributed by atoms with van der Waals surface area (Å²) >= 11 is 0. The number of hydrogen-bond acceptors (Lipinski definition) is 4. The van der Waals surface area contributed by atoms with Crippen LogP contribution in [0.3, 0.4) is 0 Å². The molecule has 0 saturated carbocycles. The fraction of sp³-hybridized carbons (Fsp3) is 0.722. The lowest BCUT2D eigenvalue weighted by molar-refractivity contribution is -0.135. The number of rotatable bonds is 4. The molecule has 2 aliphatic rings. The van der Waals surface area contributed by atoms with Crippen LogP contribution in [0.15, 0.2) is 17.4 Å². The van der Waals surface area contributed by atoms with Crippen LogP contribution in [0.25, 0.3) is 0 Å². The highest BCUT2D eigenvalue weighted by Gasteiger charge is 2.30. The Kier molecular flexibility index (Phi) is 8.33. The summed E-state index contributed by atoms with van der Waals surface area (Å²) in [7, 11) is 3.74. The zero-order valence-corrected chi connectivity index (χ0v) is 18.9. The zero-order chi connectivity index (χ0) is 18.5. The van der Waals surface area contributed by atoms with E-state index in [-0.39, 0.29) is 35.9 Å². The average molecular weight is 489 g/mol. The first-order valence-corrected chi connectivity index (χ1v) is 9.54. The summed E-state index contributed by atoms with van der Waals surface area (Å²) in [6.45, 7) is 8.13. The van der Waals surface area contributed by atoms with Gasteiger partial charge in [0.2, 0.25) is 5.91 Å². The zero-order valence-electron chi connectivity index (χ0n) is 16.6. The topological polar surface area (TPSA) is 69.0 Å². The summed E-state index contributed by atoms with van der Waals surface area (Å²) in [5, 5.41) is 7.60. The first-order valence-electron chi connectivity index (χ1n) is 9.54. The maximum Gasteiger partial charge on any atom is 0.239 e. The number of aliphatic imine (C=N–C) groups is 1. The van der Waals surface area contributed by atoms with Crippen LogP contribution in [-0.4, -0.2) is 88.7 Å². The van der Waals surface area contributed by atoms with Crippen LogP contribution in [0, 0.1) is 0 Å². The van der Waals surface area contributed by atoms with Gasteiger partial charge in [0, 0.05) is 71.7 Å². The number of piperazine rings is 1. The number of carbonyl (C=O) groups is 1. The minimum Gasteiger partial charge on any atom is -0.352 e. The Hall–Kier alpha value is -1.36. The molecule has 1 unspecified atom stereocenters. The molecule has 0 aromatic carbocycles. The molecule has 1 atom stereocenters. The van der Waals surface area contributed by atoms with Crippen molar-refractivity contribution in [1.29, 1.82) is 0 Å². The molecule has 1 N–H and O–H groups in total. The molecule has 0 aliphatic carbocycles. The van der Waals surface area contributed by atoms with Gasteiger partial charge in [-0.05, 0) is 19.8 Å². The van der Waals surface area contributed by atoms with E-state index >= 15 is 0 Å². The molecular formula is C18H32IN7O. The van der Waals surface area contributed by atoms with Crippen molar-refractivity contribution in [1.82, 2.24) is 29.8 Å². The van der Waals surface area contributed by atoms with Crippen molar-refractivity contribution in [3.63, 3.8) is 0 Å². The predicted octanol–water partition coefficient (Wildman–Crippen LogP) is 0.742. The van der Waals surface area contributed by atoms with E-state index in [4.69, 9.17) is 0 Å². The van der Waals surface area contributed by atoms with E-state index in [2.05, 4.69) is 25.2 Å². The quantitative estimate of drug-likeness (QED) is 0.384. The van der Waals surface area contributed by atoms with E-state index < -0.39 is 0 Å². The van der Waals surface area contributed by atoms with Crippen LogP contribution in [0.5, 0.6) is 0 Å². The Morgan fingerprint density at radius 1 is 1.19 bits per heavy atom. The Morgan fingerprint density at radius 3 is 2.41 bits per heavy atom. The molecular weight excluding hydrogens is 457 g/mol. The number of guanidine groups is 1. The molecule has 0 radical (unpaired) electrons. The van der Waals surface area contributed by atoms with E-state index in [1.807, 2.05) is 38.3 Å². The van der Waals surface area contributed by atoms with Crippen molar-refractivity contribution >= 4 is 35.8 Å². The van der Waals surface area contributed by atoms with Gasteiger partial charge in [-0.25, -0.2) is 0 Å². The number of halogens is 1. The Morgan fingerprint density at radius 2 is 1.85 bits per heavy atom. The Bertz CT molecular complexity index is 633. The van der Waals surface area contributed by atoms with Gasteiger partial charge in [0.25, 0.3) is 0 Å². The lowest BCUT2D eigenvalue weighted by Crippen LogP contribution is -2.57. The van der Waals surface area contributed by atoms with Gasteiger partial charge in [0.1, 0.15) is 0 Å². The fourth-order valence-corrected chi connectivity index (χ4v) is 3.76. The van der Waals surface area contributed by atoms with Gasteiger partial charge < -0.3 is 15.1 Å². The Balaban J connectivity index is 0.00000261. The van der Waals surface area contributed by atoms with E-state index in [0.717, 1.165) is 63.6 Å². The number of likely N-dealkylation sites (tertiary alicyclic amines) is 1. The van der Waals surface area contributed by atoms with Crippen molar-refractivity contribution in [3.8, 4) is 0 Å². The summed E-state index contributed by atoms with van der Waals surface area (Å²) in [4.78, 5) is 23.6. The molecule has 152 valence electrons. The maximum atomic E-state index is 12.6. The van der Waals surface area contributed by atoms with Crippen LogP contribution in [0.2, 0.25) is 0 Å². The van der Waals surface area contributed by atoms with Gasteiger partial charge >= 0.3 is 0 Å². The highest BCUT2D eigenvalue weighted by molar-refractivity contribution is 14.0. The largest absolute Gasteiger partial charge is 0.352 e. The van der Waals surface area contributed by atoms with Gasteiger partial charge in [-0.1, -0.05) is 0 Å². The normalized spacial score (nSPS) is 19.7. The summed E-state index contributed by atoms with van der Waals surface area (Å²) in [6.07, 6.45) is 6.16. The van der Waals surface area contributed by atoms with Crippen molar-refractivity contribution < 1.29 is 4.79 Å². The molecule has 2 aliphatic heterocycles. The van der Waals surface area contributed by atoms with Crippen LogP contribution in [0.1, 0.15) is 25.3 Å². The van der Waals surface area contributed by atoms with Crippen molar-refractivity contribution in [3.05, 3.63) is 18.0 Å². The summed E-state index contributed by atoms with van der Waals surface area (Å²) < 4.78 is 1.80. The molecule has 27 heavy (non-hydrogen) atoms. The number of nitrogens with zero attached hydrogens (tertiary/aromatic N) is 6. The first kappa shape index (κ1) is 21.9. The number of carbonyl (C=O) groups excluding carboxylic acids is 1. The van der Waals surface area contributed by atoms with Gasteiger partial charge in [0.05, 0.1) is 12.2 Å². The third kappa shape index (κ3) is 5.56. The van der Waals surface area contributed by atoms with Crippen LogP contribution >= 0.6 is 24.0 Å². The minimum atomic E-state index is -0.0272. The molecule has 3 heterocycles. The van der Waals surface area contributed by atoms with Crippen LogP contribution in [-0.2, 0) is 18.4 Å². The number of hydrogen-bond donors (Lipinski definition) is 1. The molecule has 9 heteroatoms. The minimum absolute atomic E-state index is 0. The van der Waals surface area contributed by atoms with Gasteiger partial charge in [0.15, 0.2) is 5.96 Å². The summed E-state index contributed by atoms with van der Waals surface area (Å²) in [5.41, 5.74) is 1.14. The van der Waals surface area contributed by atoms with E-state index in [1.165, 1.54) is 0 Å². The SMILES string of the molecule is CN=C(NCc1cnn(C)c1)N1CCN(C(C)C(=O)N2CCCC2)CC1.I. The molecule has 1 aromatic heterocycles. The number of aromatic nitrogens is 2. The van der Waals surface area contributed by atoms with Gasteiger partial charge in [-0.15, -0.1) is 24.0 Å². The predicted molar refractivity (Wildman–Crippen MR) is 117 cm³/mol. The van der Waals surface area contributed by atoms with Crippen molar-refractivity contribution in [2.75, 3.05) is 46.3 Å². The molecule has 2 saturated heterocycles. The van der Waals surface area contributed by atoms with Crippen LogP contribution in [0.4, 0.5) is 0 Å². The molecule has 3 rings (SSSR count). The fourth-order valence-electron chi connectivity index (χ4n) is 3.76. The molecule has 0 spiro atoms. The molecule has 1 amide bonds. The standard InChI is InChI=1S/C18H31N7O.HI/c1-15(17(26)24-6-4-5-7-24)23-8-10-25(11-9-23)18(19-2)20-12-16-13-21-22(3)14-16;/h13-15H,4-12H2,1-3H3,(H,19,20);1H. The second-order valence-electron chi connectivity index (χ2n) is 7.15. The first-order chi connectivity index (χ1) is 12.6. The highest BCUT2D eigenvalue weighted by atomic mass is 127. The second kappa shape index (κ2) is 10.3. The van der Waals surface area contributed by atoms with Crippen molar-refractivity contribution in [2.24, 2.45) is 12.0 Å². The molecule has 8 nitrogen and oxygen atoms in total. The van der Waals surface area contributed by atoms with E-state index in [0.29, 0.717) is 6.54 Å². The summed E-state index contributed by atoms with van der Waals surface area (Å²) in [6, 6.07) is -0.0272. The maximum absolute atomic E-state index is 12.6. The number of aryl methyl sites for hydroxylation is 1. The lowest BCUT2D eigenvalue weighted by Gasteiger charge is -2.39. The summed E-state index contributed by atoms with van der Waals surface area (Å²) in [5.74, 6) is 1.20. The lowest BCUT2D eigenvalue weighted by atomic mass is 10.2. The van der Waals surface area contributed by atoms with Crippen molar-refractivity contribution in [2.45, 2.75) is 32.4 Å². The van der Waals surface area contributed by atoms with E-state index in [1.54, 1.807) is 4.68 Å². The smallest absolute Gasteiger partial charge is 0.239 e. The van der Waals surface area contributed by atoms with Gasteiger partial charge in [-0.3, -0.25) is 19.4 Å². The molecule has 1 aromatic rings. The average Bonchev–Trinajstić information content (AvgIpc) is 3.33. The monoisotopic (exact) mass is 489 g/mol. The molecule has 2 fully saturated rings. The number of nitrogens with one attached hydrogen (secondary N) is 1. The highest BCUT2D eigenvalue weighted by Crippen LogP contribution is 2.14. The van der Waals surface area contributed by atoms with Crippen LogP contribution < -0.4 is 5.32 Å². The molecule has 0 bridgehead atoms. The third-order valence-electron chi connectivity index (χ3n) is 5.36. The third-order valence-corrected chi connectivity index (χ3v) is 5.36. The van der Waals surface area contributed by atoms with E-state index in [9.17, 15) is 4.79 Å². The number of amides is 1. The Labute approximate surface area is 179 Å². The second-order valence-corrected chi connectivity index (χ2v) is 7.15.